The second-order valence-corrected chi connectivity index (χ2v) is 7.94. The van der Waals surface area contributed by atoms with Crippen molar-refractivity contribution in [1.82, 2.24) is 19.7 Å². The predicted molar refractivity (Wildman–Crippen MR) is 107 cm³/mol. The molecule has 1 aliphatic heterocycles. The number of carboxylic acid groups (broad SMARTS) is 4. The van der Waals surface area contributed by atoms with Gasteiger partial charge < -0.3 is 34.8 Å². The smallest absolute Gasteiger partial charge is 0.303 e. The maximum Gasteiger partial charge on any atom is 0.303 e. The summed E-state index contributed by atoms with van der Waals surface area (Å²) in [5.74, 6) is -5.00. The molecule has 1 aliphatic rings. The molecule has 34 heavy (non-hydrogen) atoms. The van der Waals surface area contributed by atoms with E-state index in [0.717, 1.165) is 0 Å². The molecule has 195 valence electrons. The second kappa shape index (κ2) is 15.2. The Morgan fingerprint density at radius 2 is 1.41 bits per heavy atom. The Morgan fingerprint density at radius 3 is 1.82 bits per heavy atom. The van der Waals surface area contributed by atoms with E-state index in [4.69, 9.17) is 5.11 Å². The van der Waals surface area contributed by atoms with Crippen molar-refractivity contribution in [1.29, 1.82) is 0 Å². The van der Waals surface area contributed by atoms with Gasteiger partial charge in [-0.15, -0.1) is 0 Å². The fourth-order valence-corrected chi connectivity index (χ4v) is 3.82. The summed E-state index contributed by atoms with van der Waals surface area (Å²) in [4.78, 5) is 54.3. The molecule has 0 amide bonds. The van der Waals surface area contributed by atoms with Crippen molar-refractivity contribution in [2.24, 2.45) is 0 Å². The van der Waals surface area contributed by atoms with Crippen LogP contribution in [0.2, 0.25) is 0 Å². The molecular formula is C21H27N4O8Tm-3. The molecular weight excluding hydrogens is 605 g/mol. The minimum Gasteiger partial charge on any atom is -0.549 e. The Balaban J connectivity index is 0.00000578. The van der Waals surface area contributed by atoms with Crippen molar-refractivity contribution in [3.05, 3.63) is 29.6 Å². The third-order valence-corrected chi connectivity index (χ3v) is 5.33. The maximum atomic E-state index is 11.9. The molecule has 1 aromatic heterocycles. The van der Waals surface area contributed by atoms with Crippen LogP contribution < -0.4 is 15.3 Å². The van der Waals surface area contributed by atoms with Crippen LogP contribution >= 0.6 is 0 Å². The number of aromatic nitrogens is 1. The zero-order chi connectivity index (χ0) is 24.4. The summed E-state index contributed by atoms with van der Waals surface area (Å²) in [7, 11) is 0. The number of carboxylic acids is 4. The number of aliphatic carboxylic acids is 4. The number of rotatable bonds is 10. The van der Waals surface area contributed by atoms with E-state index in [2.05, 4.69) is 4.98 Å². The number of pyridine rings is 1. The summed E-state index contributed by atoms with van der Waals surface area (Å²) in [5.41, 5.74) is 1.15. The summed E-state index contributed by atoms with van der Waals surface area (Å²) >= 11 is 0. The van der Waals surface area contributed by atoms with Gasteiger partial charge in [0.2, 0.25) is 0 Å². The van der Waals surface area contributed by atoms with Crippen molar-refractivity contribution < 1.29 is 76.5 Å². The molecule has 1 N–H and O–H groups in total. The topological polar surface area (TPSA) is 180 Å². The Hall–Kier alpha value is -1.86. The van der Waals surface area contributed by atoms with Crippen LogP contribution in [-0.2, 0) is 32.3 Å². The molecule has 13 heteroatoms. The number of nitrogens with zero attached hydrogens (tertiary/aromatic N) is 4. The first-order valence-electron chi connectivity index (χ1n) is 10.6. The molecule has 0 spiro atoms. The van der Waals surface area contributed by atoms with Gasteiger partial charge in [0, 0.05) is 102 Å². The largest absolute Gasteiger partial charge is 0.549 e. The summed E-state index contributed by atoms with van der Waals surface area (Å²) in [5, 5.41) is 43.2. The van der Waals surface area contributed by atoms with Crippen molar-refractivity contribution in [2.45, 2.75) is 38.4 Å². The monoisotopic (exact) mass is 632 g/mol. The number of hydrogen-bond donors (Lipinski definition) is 1. The average molecular weight is 632 g/mol. The van der Waals surface area contributed by atoms with Crippen LogP contribution in [0, 0.1) is 36.9 Å². The van der Waals surface area contributed by atoms with Gasteiger partial charge in [-0.25, -0.2) is 0 Å². The van der Waals surface area contributed by atoms with Gasteiger partial charge in [0.25, 0.3) is 0 Å². The predicted octanol–water partition coefficient (Wildman–Crippen LogP) is -4.13. The standard InChI is InChI=1S/C21H30N4O8.Tm/c26-18(27)6-2-5-17(21(32)33)25-9-7-23(13-19(28)29)11-15-3-1-4-16(22-15)12-24(8-10-25)14-20(30)31;/h1,3-4,17H,2,5-14H2,(H,26,27)(H,28,29)(H,30,31)(H,32,33);/p-3. The Labute approximate surface area is 226 Å². The van der Waals surface area contributed by atoms with Gasteiger partial charge in [-0.1, -0.05) is 6.07 Å². The van der Waals surface area contributed by atoms with Gasteiger partial charge >= 0.3 is 5.97 Å². The molecule has 0 aromatic carbocycles. The van der Waals surface area contributed by atoms with Gasteiger partial charge in [-0.05, 0) is 25.0 Å². The van der Waals surface area contributed by atoms with Crippen LogP contribution in [0.3, 0.4) is 0 Å². The fraction of sp³-hybridized carbons (Fsp3) is 0.571. The summed E-state index contributed by atoms with van der Waals surface area (Å²) in [6.07, 6.45) is -0.0633. The molecule has 1 radical (unpaired) electrons. The van der Waals surface area contributed by atoms with Crippen molar-refractivity contribution in [3.63, 3.8) is 0 Å². The molecule has 1 aromatic rings. The van der Waals surface area contributed by atoms with Gasteiger partial charge in [0.15, 0.2) is 0 Å². The van der Waals surface area contributed by atoms with Crippen LogP contribution in [0.15, 0.2) is 18.2 Å². The molecule has 0 saturated carbocycles. The van der Waals surface area contributed by atoms with E-state index in [1.165, 1.54) is 0 Å². The number of carbonyl (C=O) groups excluding carboxylic acids is 3. The van der Waals surface area contributed by atoms with Gasteiger partial charge in [-0.2, -0.15) is 0 Å². The molecule has 0 saturated heterocycles. The van der Waals surface area contributed by atoms with Crippen LogP contribution in [0.4, 0.5) is 0 Å². The van der Waals surface area contributed by atoms with E-state index in [9.17, 15) is 34.5 Å². The van der Waals surface area contributed by atoms with E-state index in [-0.39, 0.29) is 108 Å². The molecule has 1 unspecified atom stereocenters. The quantitative estimate of drug-likeness (QED) is 0.264. The van der Waals surface area contributed by atoms with Gasteiger partial charge in [-0.3, -0.25) is 24.5 Å². The Morgan fingerprint density at radius 1 is 0.912 bits per heavy atom. The zero-order valence-electron chi connectivity index (χ0n) is 18.5. The second-order valence-electron chi connectivity index (χ2n) is 7.94. The summed E-state index contributed by atoms with van der Waals surface area (Å²) in [6.45, 7) is 0.190. The first kappa shape index (κ1) is 30.2. The SMILES string of the molecule is O=C([O-])CN1CCN(C(CCCC(=O)O)C(=O)[O-])CCN(CC(=O)[O-])Cc2cccc(n2)C1.[Tm]. The molecule has 1 atom stereocenters. The average Bonchev–Trinajstić information content (AvgIpc) is 2.70. The molecule has 2 bridgehead atoms. The first-order valence-corrected chi connectivity index (χ1v) is 10.6. The number of hydrogen-bond acceptors (Lipinski definition) is 11. The van der Waals surface area contributed by atoms with Crippen LogP contribution in [0.1, 0.15) is 30.7 Å². The van der Waals surface area contributed by atoms with Crippen LogP contribution in [0.5, 0.6) is 0 Å². The molecule has 2 heterocycles. The minimum atomic E-state index is -1.38. The normalized spacial score (nSPS) is 16.9. The van der Waals surface area contributed by atoms with Gasteiger partial charge in [0.05, 0.1) is 29.3 Å². The van der Waals surface area contributed by atoms with E-state index in [0.29, 0.717) is 11.4 Å². The van der Waals surface area contributed by atoms with Crippen molar-refractivity contribution in [3.8, 4) is 0 Å². The Kier molecular flexibility index (Phi) is 13.5. The van der Waals surface area contributed by atoms with Crippen molar-refractivity contribution >= 4 is 23.9 Å². The number of carbonyl (C=O) groups is 4. The van der Waals surface area contributed by atoms with E-state index < -0.39 is 29.9 Å². The molecule has 0 fully saturated rings. The Bertz CT molecular complexity index is 811. The van der Waals surface area contributed by atoms with E-state index in [1.54, 1.807) is 32.9 Å². The first-order chi connectivity index (χ1) is 15.6. The van der Waals surface area contributed by atoms with E-state index >= 15 is 0 Å². The molecule has 2 rings (SSSR count). The fourth-order valence-electron chi connectivity index (χ4n) is 3.82. The van der Waals surface area contributed by atoms with Crippen molar-refractivity contribution in [2.75, 3.05) is 39.3 Å². The summed E-state index contributed by atoms with van der Waals surface area (Å²) in [6, 6.07) is 4.07. The third kappa shape index (κ3) is 11.0. The van der Waals surface area contributed by atoms with Gasteiger partial charge in [0.1, 0.15) is 0 Å². The molecule has 0 aliphatic carbocycles. The van der Waals surface area contributed by atoms with Crippen LogP contribution in [-0.4, -0.2) is 94.0 Å². The summed E-state index contributed by atoms with van der Waals surface area (Å²) < 4.78 is 0. The molecule has 12 nitrogen and oxygen atoms in total. The van der Waals surface area contributed by atoms with E-state index in [1.807, 2.05) is 0 Å². The zero-order valence-corrected chi connectivity index (χ0v) is 20.2. The minimum absolute atomic E-state index is 0. The number of fused-ring (bicyclic) bond motifs is 2. The maximum absolute atomic E-state index is 11.9. The third-order valence-electron chi connectivity index (χ3n) is 5.33. The van der Waals surface area contributed by atoms with Crippen LogP contribution in [0.25, 0.3) is 0 Å².